The van der Waals surface area contributed by atoms with Crippen LogP contribution in [0.5, 0.6) is 0 Å². The fraction of sp³-hybridized carbons (Fsp3) is 0.938. The van der Waals surface area contributed by atoms with Crippen molar-refractivity contribution in [2.45, 2.75) is 58.5 Å². The van der Waals surface area contributed by atoms with Crippen LogP contribution in [-0.2, 0) is 14.3 Å². The van der Waals surface area contributed by atoms with E-state index in [0.29, 0.717) is 12.6 Å². The van der Waals surface area contributed by atoms with Crippen molar-refractivity contribution < 1.29 is 14.3 Å². The summed E-state index contributed by atoms with van der Waals surface area (Å²) in [6, 6.07) is 0.431. The van der Waals surface area contributed by atoms with Gasteiger partial charge >= 0.3 is 5.97 Å². The van der Waals surface area contributed by atoms with E-state index >= 15 is 0 Å². The zero-order valence-corrected chi connectivity index (χ0v) is 14.7. The molecule has 0 aromatic rings. The van der Waals surface area contributed by atoms with Gasteiger partial charge in [-0.25, -0.2) is 0 Å². The monoisotopic (exact) mass is 302 g/mol. The van der Waals surface area contributed by atoms with E-state index in [1.54, 1.807) is 7.11 Å². The van der Waals surface area contributed by atoms with Crippen LogP contribution < -0.4 is 5.32 Å². The van der Waals surface area contributed by atoms with Gasteiger partial charge in [0.25, 0.3) is 0 Å². The highest BCUT2D eigenvalue weighted by atomic mass is 16.5. The topological polar surface area (TPSA) is 50.8 Å². The summed E-state index contributed by atoms with van der Waals surface area (Å²) in [5.74, 6) is -0.160. The van der Waals surface area contributed by atoms with E-state index in [-0.39, 0.29) is 5.97 Å². The molecule has 126 valence electrons. The molecule has 2 unspecified atom stereocenters. The van der Waals surface area contributed by atoms with Gasteiger partial charge in [-0.15, -0.1) is 0 Å². The van der Waals surface area contributed by atoms with Crippen molar-refractivity contribution in [3.8, 4) is 0 Å². The number of carbonyl (C=O) groups excluding carboxylic acids is 1. The first-order chi connectivity index (χ1) is 9.95. The van der Waals surface area contributed by atoms with E-state index in [0.717, 1.165) is 39.0 Å². The summed E-state index contributed by atoms with van der Waals surface area (Å²) in [7, 11) is 3.55. The van der Waals surface area contributed by atoms with E-state index < -0.39 is 5.54 Å². The average molecular weight is 302 g/mol. The SMILES string of the molecule is CCOC(=O)C(C)(CCCCN(CC)C(C)COC)NC. The second kappa shape index (κ2) is 11.0. The van der Waals surface area contributed by atoms with Crippen molar-refractivity contribution in [2.24, 2.45) is 0 Å². The molecule has 0 aromatic heterocycles. The molecule has 2 atom stereocenters. The molecule has 0 amide bonds. The molecule has 5 nitrogen and oxygen atoms in total. The molecule has 0 aliphatic rings. The van der Waals surface area contributed by atoms with E-state index in [1.165, 1.54) is 0 Å². The highest BCUT2D eigenvalue weighted by molar-refractivity contribution is 5.80. The maximum absolute atomic E-state index is 12.0. The maximum atomic E-state index is 12.0. The first kappa shape index (κ1) is 20.3. The van der Waals surface area contributed by atoms with Crippen LogP contribution in [-0.4, -0.2) is 62.9 Å². The van der Waals surface area contributed by atoms with Crippen LogP contribution in [0.2, 0.25) is 0 Å². The summed E-state index contributed by atoms with van der Waals surface area (Å²) in [6.45, 7) is 11.3. The quantitative estimate of drug-likeness (QED) is 0.442. The summed E-state index contributed by atoms with van der Waals surface area (Å²) in [6.07, 6.45) is 2.85. The van der Waals surface area contributed by atoms with Crippen LogP contribution in [0, 0.1) is 0 Å². The van der Waals surface area contributed by atoms with E-state index in [4.69, 9.17) is 9.47 Å². The molecule has 0 saturated heterocycles. The number of nitrogens with zero attached hydrogens (tertiary/aromatic N) is 1. The standard InChI is InChI=1S/C16H34N2O3/c1-7-18(14(3)13-20-6)12-10-9-11-16(4,17-5)15(19)21-8-2/h14,17H,7-13H2,1-6H3. The van der Waals surface area contributed by atoms with Crippen LogP contribution in [0.25, 0.3) is 0 Å². The number of carbonyl (C=O) groups is 1. The lowest BCUT2D eigenvalue weighted by atomic mass is 9.95. The maximum Gasteiger partial charge on any atom is 0.326 e. The molecule has 0 heterocycles. The molecule has 0 saturated carbocycles. The number of ether oxygens (including phenoxy) is 2. The molecule has 0 aliphatic carbocycles. The number of likely N-dealkylation sites (N-methyl/N-ethyl adjacent to an activating group) is 2. The molecule has 5 heteroatoms. The Morgan fingerprint density at radius 2 is 2.00 bits per heavy atom. The largest absolute Gasteiger partial charge is 0.465 e. The van der Waals surface area contributed by atoms with Crippen molar-refractivity contribution in [3.05, 3.63) is 0 Å². The number of rotatable bonds is 12. The van der Waals surface area contributed by atoms with Gasteiger partial charge in [-0.2, -0.15) is 0 Å². The molecule has 1 N–H and O–H groups in total. The van der Waals surface area contributed by atoms with Gasteiger partial charge in [-0.1, -0.05) is 6.92 Å². The first-order valence-electron chi connectivity index (χ1n) is 8.04. The van der Waals surface area contributed by atoms with Crippen LogP contribution in [0.15, 0.2) is 0 Å². The summed E-state index contributed by atoms with van der Waals surface area (Å²) in [5.41, 5.74) is -0.578. The summed E-state index contributed by atoms with van der Waals surface area (Å²) in [4.78, 5) is 14.4. The fourth-order valence-corrected chi connectivity index (χ4v) is 2.45. The van der Waals surface area contributed by atoms with Gasteiger partial charge in [0.15, 0.2) is 0 Å². The number of methoxy groups -OCH3 is 1. The number of esters is 1. The highest BCUT2D eigenvalue weighted by Crippen LogP contribution is 2.16. The second-order valence-corrected chi connectivity index (χ2v) is 5.69. The van der Waals surface area contributed by atoms with Gasteiger partial charge in [0.05, 0.1) is 13.2 Å². The number of unbranched alkanes of at least 4 members (excludes halogenated alkanes) is 1. The van der Waals surface area contributed by atoms with E-state index in [1.807, 2.05) is 20.9 Å². The third-order valence-corrected chi connectivity index (χ3v) is 4.09. The van der Waals surface area contributed by atoms with Crippen molar-refractivity contribution in [2.75, 3.05) is 40.5 Å². The minimum atomic E-state index is -0.578. The lowest BCUT2D eigenvalue weighted by Gasteiger charge is -2.29. The van der Waals surface area contributed by atoms with Crippen LogP contribution in [0.4, 0.5) is 0 Å². The number of hydrogen-bond acceptors (Lipinski definition) is 5. The Hall–Kier alpha value is -0.650. The molecule has 21 heavy (non-hydrogen) atoms. The molecule has 0 aromatic carbocycles. The minimum absolute atomic E-state index is 0.160. The van der Waals surface area contributed by atoms with E-state index in [9.17, 15) is 4.79 Å². The molecular weight excluding hydrogens is 268 g/mol. The summed E-state index contributed by atoms with van der Waals surface area (Å²) < 4.78 is 10.3. The Balaban J connectivity index is 4.18. The normalized spacial score (nSPS) is 15.8. The third kappa shape index (κ3) is 7.25. The second-order valence-electron chi connectivity index (χ2n) is 5.69. The average Bonchev–Trinajstić information content (AvgIpc) is 2.47. The van der Waals surface area contributed by atoms with Crippen molar-refractivity contribution >= 4 is 5.97 Å². The van der Waals surface area contributed by atoms with E-state index in [2.05, 4.69) is 24.1 Å². The Bertz CT molecular complexity index is 287. The van der Waals surface area contributed by atoms with Gasteiger partial charge in [-0.05, 0) is 60.2 Å². The zero-order chi connectivity index (χ0) is 16.3. The van der Waals surface area contributed by atoms with Crippen molar-refractivity contribution in [1.29, 1.82) is 0 Å². The van der Waals surface area contributed by atoms with Gasteiger partial charge in [0.2, 0.25) is 0 Å². The third-order valence-electron chi connectivity index (χ3n) is 4.09. The van der Waals surface area contributed by atoms with Gasteiger partial charge in [-0.3, -0.25) is 9.69 Å². The molecule has 0 aliphatic heterocycles. The smallest absolute Gasteiger partial charge is 0.326 e. The predicted octanol–water partition coefficient (Wildman–Crippen LogP) is 2.05. The lowest BCUT2D eigenvalue weighted by Crippen LogP contribution is -2.48. The molecule has 0 rings (SSSR count). The highest BCUT2D eigenvalue weighted by Gasteiger charge is 2.32. The molecule has 0 spiro atoms. The van der Waals surface area contributed by atoms with Crippen molar-refractivity contribution in [1.82, 2.24) is 10.2 Å². The summed E-state index contributed by atoms with van der Waals surface area (Å²) in [5, 5.41) is 3.10. The van der Waals surface area contributed by atoms with Crippen molar-refractivity contribution in [3.63, 3.8) is 0 Å². The summed E-state index contributed by atoms with van der Waals surface area (Å²) >= 11 is 0. The fourth-order valence-electron chi connectivity index (χ4n) is 2.45. The van der Waals surface area contributed by atoms with Crippen LogP contribution in [0.1, 0.15) is 47.0 Å². The molecular formula is C16H34N2O3. The number of nitrogens with one attached hydrogen (secondary N) is 1. The van der Waals surface area contributed by atoms with Gasteiger partial charge in [0, 0.05) is 13.2 Å². The molecule has 0 bridgehead atoms. The van der Waals surface area contributed by atoms with Crippen LogP contribution in [0.3, 0.4) is 0 Å². The predicted molar refractivity (Wildman–Crippen MR) is 86.5 cm³/mol. The Kier molecular flexibility index (Phi) is 10.6. The molecule has 0 radical (unpaired) electrons. The minimum Gasteiger partial charge on any atom is -0.465 e. The van der Waals surface area contributed by atoms with Gasteiger partial charge in [0.1, 0.15) is 5.54 Å². The lowest BCUT2D eigenvalue weighted by molar-refractivity contribution is -0.150. The number of hydrogen-bond donors (Lipinski definition) is 1. The Morgan fingerprint density at radius 3 is 2.48 bits per heavy atom. The van der Waals surface area contributed by atoms with Gasteiger partial charge < -0.3 is 14.8 Å². The molecule has 0 fully saturated rings. The van der Waals surface area contributed by atoms with Crippen LogP contribution >= 0.6 is 0 Å². The zero-order valence-electron chi connectivity index (χ0n) is 14.7. The Morgan fingerprint density at radius 1 is 1.33 bits per heavy atom. The Labute approximate surface area is 130 Å². The first-order valence-corrected chi connectivity index (χ1v) is 8.04.